The highest BCUT2D eigenvalue weighted by molar-refractivity contribution is 6.32. The highest BCUT2D eigenvalue weighted by atomic mass is 35.5. The fourth-order valence-corrected chi connectivity index (χ4v) is 2.64. The molecule has 4 nitrogen and oxygen atoms in total. The number of aryl methyl sites for hydroxylation is 3. The molecule has 0 saturated carbocycles. The van der Waals surface area contributed by atoms with Gasteiger partial charge < -0.3 is 4.42 Å². The van der Waals surface area contributed by atoms with Gasteiger partial charge in [-0.3, -0.25) is 9.48 Å². The number of halogens is 1. The average Bonchev–Trinajstić information content (AvgIpc) is 2.95. The number of ketones is 1. The number of carbonyl (C=O) groups is 1. The van der Waals surface area contributed by atoms with Crippen LogP contribution in [0.2, 0.25) is 5.02 Å². The van der Waals surface area contributed by atoms with Gasteiger partial charge in [-0.2, -0.15) is 5.10 Å². The van der Waals surface area contributed by atoms with Gasteiger partial charge in [-0.05, 0) is 32.0 Å². The molecule has 0 aliphatic heterocycles. The van der Waals surface area contributed by atoms with Crippen LogP contribution < -0.4 is 0 Å². The Labute approximate surface area is 127 Å². The molecular formula is C16H15ClN2O2. The van der Waals surface area contributed by atoms with Crippen LogP contribution >= 0.6 is 11.6 Å². The van der Waals surface area contributed by atoms with Gasteiger partial charge in [0.2, 0.25) is 5.78 Å². The Morgan fingerprint density at radius 2 is 2.10 bits per heavy atom. The molecule has 2 heterocycles. The second kappa shape index (κ2) is 5.04. The summed E-state index contributed by atoms with van der Waals surface area (Å²) >= 11 is 6.18. The van der Waals surface area contributed by atoms with Gasteiger partial charge in [0.1, 0.15) is 5.58 Å². The molecule has 0 amide bonds. The normalized spacial score (nSPS) is 11.2. The first-order valence-corrected chi connectivity index (χ1v) is 7.05. The van der Waals surface area contributed by atoms with Crippen LogP contribution in [-0.2, 0) is 13.5 Å². The molecule has 3 aromatic rings. The van der Waals surface area contributed by atoms with E-state index in [1.165, 1.54) is 0 Å². The van der Waals surface area contributed by atoms with Gasteiger partial charge in [0.15, 0.2) is 5.76 Å². The minimum atomic E-state index is -0.103. The van der Waals surface area contributed by atoms with Gasteiger partial charge in [0.05, 0.1) is 22.8 Å². The Morgan fingerprint density at radius 3 is 2.76 bits per heavy atom. The second-order valence-electron chi connectivity index (χ2n) is 5.22. The number of rotatable bonds is 3. The van der Waals surface area contributed by atoms with Crippen LogP contribution in [0.1, 0.15) is 27.5 Å². The lowest BCUT2D eigenvalue weighted by atomic mass is 10.1. The van der Waals surface area contributed by atoms with E-state index in [2.05, 4.69) is 5.10 Å². The molecule has 108 valence electrons. The third kappa shape index (κ3) is 2.47. The summed E-state index contributed by atoms with van der Waals surface area (Å²) < 4.78 is 7.26. The molecule has 5 heteroatoms. The van der Waals surface area contributed by atoms with Crippen LogP contribution in [0, 0.1) is 13.8 Å². The van der Waals surface area contributed by atoms with E-state index in [1.54, 1.807) is 17.8 Å². The van der Waals surface area contributed by atoms with E-state index in [9.17, 15) is 4.79 Å². The van der Waals surface area contributed by atoms with Crippen molar-refractivity contribution in [3.05, 3.63) is 52.0 Å². The van der Waals surface area contributed by atoms with Crippen molar-refractivity contribution in [1.29, 1.82) is 0 Å². The highest BCUT2D eigenvalue weighted by Crippen LogP contribution is 2.24. The summed E-state index contributed by atoms with van der Waals surface area (Å²) in [4.78, 5) is 12.4. The van der Waals surface area contributed by atoms with E-state index in [0.717, 1.165) is 22.2 Å². The largest absolute Gasteiger partial charge is 0.453 e. The van der Waals surface area contributed by atoms with Crippen molar-refractivity contribution in [2.24, 2.45) is 7.05 Å². The Kier molecular flexibility index (Phi) is 3.33. The zero-order valence-corrected chi connectivity index (χ0v) is 12.9. The minimum Gasteiger partial charge on any atom is -0.453 e. The van der Waals surface area contributed by atoms with E-state index < -0.39 is 0 Å². The van der Waals surface area contributed by atoms with E-state index in [1.807, 2.05) is 32.0 Å². The Morgan fingerprint density at radius 1 is 1.33 bits per heavy atom. The lowest BCUT2D eigenvalue weighted by Crippen LogP contribution is -2.07. The summed E-state index contributed by atoms with van der Waals surface area (Å²) in [7, 11) is 1.78. The van der Waals surface area contributed by atoms with E-state index in [-0.39, 0.29) is 12.2 Å². The zero-order chi connectivity index (χ0) is 15.1. The SMILES string of the molecule is Cc1ccc2oc(C(=O)Cc3c(Cl)c(C)nn3C)cc2c1. The van der Waals surface area contributed by atoms with Crippen molar-refractivity contribution in [1.82, 2.24) is 9.78 Å². The number of hydrogen-bond acceptors (Lipinski definition) is 3. The first kappa shape index (κ1) is 13.9. The molecule has 0 radical (unpaired) electrons. The van der Waals surface area contributed by atoms with Gasteiger partial charge in [-0.15, -0.1) is 0 Å². The average molecular weight is 303 g/mol. The van der Waals surface area contributed by atoms with Gasteiger partial charge >= 0.3 is 0 Å². The first-order valence-electron chi connectivity index (χ1n) is 6.67. The summed E-state index contributed by atoms with van der Waals surface area (Å²) in [5.41, 5.74) is 3.28. The summed E-state index contributed by atoms with van der Waals surface area (Å²) in [5, 5.41) is 5.69. The molecule has 1 aromatic carbocycles. The molecular weight excluding hydrogens is 288 g/mol. The number of fused-ring (bicyclic) bond motifs is 1. The molecule has 0 aliphatic rings. The van der Waals surface area contributed by atoms with E-state index >= 15 is 0 Å². The molecule has 21 heavy (non-hydrogen) atoms. The molecule has 0 unspecified atom stereocenters. The van der Waals surface area contributed by atoms with Crippen LogP contribution in [0.3, 0.4) is 0 Å². The molecule has 0 atom stereocenters. The zero-order valence-electron chi connectivity index (χ0n) is 12.1. The number of benzene rings is 1. The number of aromatic nitrogens is 2. The number of furan rings is 1. The number of hydrogen-bond donors (Lipinski definition) is 0. The maximum absolute atomic E-state index is 12.4. The predicted octanol–water partition coefficient (Wildman–Crippen LogP) is 3.86. The summed E-state index contributed by atoms with van der Waals surface area (Å²) in [5.74, 6) is 0.249. The predicted molar refractivity (Wildman–Crippen MR) is 81.9 cm³/mol. The van der Waals surface area contributed by atoms with Crippen molar-refractivity contribution < 1.29 is 9.21 Å². The second-order valence-corrected chi connectivity index (χ2v) is 5.60. The molecule has 2 aromatic heterocycles. The Balaban J connectivity index is 1.93. The summed E-state index contributed by atoms with van der Waals surface area (Å²) in [6.45, 7) is 3.83. The minimum absolute atomic E-state index is 0.103. The first-order chi connectivity index (χ1) is 9.95. The maximum Gasteiger partial charge on any atom is 0.204 e. The third-order valence-corrected chi connectivity index (χ3v) is 4.03. The number of carbonyl (C=O) groups excluding carboxylic acids is 1. The van der Waals surface area contributed by atoms with Crippen molar-refractivity contribution in [2.45, 2.75) is 20.3 Å². The van der Waals surface area contributed by atoms with Gasteiger partial charge in [0.25, 0.3) is 0 Å². The molecule has 0 fully saturated rings. The van der Waals surface area contributed by atoms with Crippen LogP contribution in [-0.4, -0.2) is 15.6 Å². The summed E-state index contributed by atoms with van der Waals surface area (Å²) in [6, 6.07) is 7.61. The maximum atomic E-state index is 12.4. The fraction of sp³-hybridized carbons (Fsp3) is 0.250. The monoisotopic (exact) mass is 302 g/mol. The third-order valence-electron chi connectivity index (χ3n) is 3.54. The molecule has 0 saturated heterocycles. The number of Topliss-reactive ketones (excluding diaryl/α,β-unsaturated/α-hetero) is 1. The Bertz CT molecular complexity index is 845. The van der Waals surface area contributed by atoms with Gasteiger partial charge in [-0.1, -0.05) is 23.2 Å². The van der Waals surface area contributed by atoms with Gasteiger partial charge in [-0.25, -0.2) is 0 Å². The quantitative estimate of drug-likeness (QED) is 0.690. The van der Waals surface area contributed by atoms with E-state index in [4.69, 9.17) is 16.0 Å². The topological polar surface area (TPSA) is 48.0 Å². The smallest absolute Gasteiger partial charge is 0.204 e. The molecule has 0 N–H and O–H groups in total. The summed E-state index contributed by atoms with van der Waals surface area (Å²) in [6.07, 6.45) is 0.176. The van der Waals surface area contributed by atoms with Crippen molar-refractivity contribution in [2.75, 3.05) is 0 Å². The van der Waals surface area contributed by atoms with E-state index in [0.29, 0.717) is 16.5 Å². The van der Waals surface area contributed by atoms with Crippen molar-refractivity contribution in [3.8, 4) is 0 Å². The van der Waals surface area contributed by atoms with Crippen molar-refractivity contribution >= 4 is 28.4 Å². The molecule has 0 aliphatic carbocycles. The molecule has 3 rings (SSSR count). The van der Waals surface area contributed by atoms with Crippen molar-refractivity contribution in [3.63, 3.8) is 0 Å². The number of nitrogens with zero attached hydrogens (tertiary/aromatic N) is 2. The molecule has 0 bridgehead atoms. The Hall–Kier alpha value is -2.07. The van der Waals surface area contributed by atoms with Crippen LogP contribution in [0.15, 0.2) is 28.7 Å². The highest BCUT2D eigenvalue weighted by Gasteiger charge is 2.18. The fourth-order valence-electron chi connectivity index (χ4n) is 2.41. The lowest BCUT2D eigenvalue weighted by Gasteiger charge is -2.00. The van der Waals surface area contributed by atoms with Gasteiger partial charge in [0, 0.05) is 12.4 Å². The molecule has 0 spiro atoms. The lowest BCUT2D eigenvalue weighted by molar-refractivity contribution is 0.0966. The van der Waals surface area contributed by atoms with Crippen LogP contribution in [0.4, 0.5) is 0 Å². The van der Waals surface area contributed by atoms with Crippen LogP contribution in [0.5, 0.6) is 0 Å². The standard InChI is InChI=1S/C16H15ClN2O2/c1-9-4-5-14-11(6-9)7-15(21-14)13(20)8-12-16(17)10(2)18-19(12)3/h4-7H,8H2,1-3H3. The van der Waals surface area contributed by atoms with Crippen LogP contribution in [0.25, 0.3) is 11.0 Å².